The van der Waals surface area contributed by atoms with Gasteiger partial charge in [-0.25, -0.2) is 15.0 Å². The van der Waals surface area contributed by atoms with Gasteiger partial charge in [-0.15, -0.1) is 0 Å². The fourth-order valence-electron chi connectivity index (χ4n) is 15.4. The average molecular weight is 1740 g/mol. The van der Waals surface area contributed by atoms with E-state index in [1.807, 2.05) is 18.2 Å². The number of esters is 2. The average Bonchev–Trinajstić information content (AvgIpc) is 1.70. The maximum Gasteiger partial charge on any atom is 0.406 e. The number of anilines is 3. The Kier molecular flexibility index (Phi) is 32.9. The molecule has 0 spiro atoms. The number of aromatic nitrogens is 3. The van der Waals surface area contributed by atoms with E-state index < -0.39 is 106 Å². The third kappa shape index (κ3) is 27.8. The van der Waals surface area contributed by atoms with Gasteiger partial charge in [0.05, 0.1) is 64.4 Å². The van der Waals surface area contributed by atoms with Crippen molar-refractivity contribution in [2.75, 3.05) is 89.3 Å². The van der Waals surface area contributed by atoms with Crippen LogP contribution >= 0.6 is 7.92 Å². The Bertz CT molecular complexity index is 5020. The SMILES string of the molecule is COC(=O)C[C@@H]1Cc2ccc(O)cc2CN(CC(F)(F)F)C1=O.COC(=O)C[C@@H]1Cc2ccc(OCCc3ccc4c(n3)NCCC4)cc2CN(CC(F)(F)F)C1=O.O=C(O)C[C@@H]1Cc2ccc(OCCc3ccc4c(n3)NCCC4)cc2CN(CC(F)(F)F)C1=O.OCCc1ccc2c(n1)NCCC2.c1ccc(P(c2ccccc2)c2ccccc2)cc1. The van der Waals surface area contributed by atoms with Crippen molar-refractivity contribution < 1.29 is 103 Å². The number of aryl methyl sites for hydroxylation is 3. The minimum absolute atomic E-state index is 0.0706. The smallest absolute Gasteiger partial charge is 0.406 e. The van der Waals surface area contributed by atoms with Crippen LogP contribution in [0, 0.1) is 17.8 Å². The summed E-state index contributed by atoms with van der Waals surface area (Å²) in [5.74, 6) is -3.93. The highest BCUT2D eigenvalue weighted by atomic mass is 31.1. The van der Waals surface area contributed by atoms with Crippen molar-refractivity contribution in [2.24, 2.45) is 17.8 Å². The van der Waals surface area contributed by atoms with Crippen molar-refractivity contribution in [3.8, 4) is 17.2 Å². The predicted molar refractivity (Wildman–Crippen MR) is 450 cm³/mol. The number of aliphatic hydroxyl groups is 1. The molecule has 0 saturated heterocycles. The number of carboxylic acid groups (broad SMARTS) is 1. The van der Waals surface area contributed by atoms with Crippen molar-refractivity contribution in [1.29, 1.82) is 0 Å². The van der Waals surface area contributed by atoms with E-state index in [9.17, 15) is 73.4 Å². The number of benzene rings is 6. The number of ether oxygens (including phenoxy) is 4. The van der Waals surface area contributed by atoms with Crippen LogP contribution in [0.2, 0.25) is 0 Å². The topological polar surface area (TPSA) is 285 Å². The van der Waals surface area contributed by atoms with E-state index in [2.05, 4.69) is 150 Å². The number of nitrogens with zero attached hydrogens (tertiary/aromatic N) is 6. The molecule has 15 rings (SSSR count). The number of nitrogens with one attached hydrogen (secondary N) is 3. The van der Waals surface area contributed by atoms with Gasteiger partial charge >= 0.3 is 36.4 Å². The summed E-state index contributed by atoms with van der Waals surface area (Å²) in [5, 5.41) is 41.5. The summed E-state index contributed by atoms with van der Waals surface area (Å²) < 4.78 is 138. The number of fused-ring (bicyclic) bond motifs is 6. The lowest BCUT2D eigenvalue weighted by Gasteiger charge is -2.25. The molecule has 6 aliphatic rings. The van der Waals surface area contributed by atoms with Crippen molar-refractivity contribution in [1.82, 2.24) is 29.7 Å². The van der Waals surface area contributed by atoms with Gasteiger partial charge in [-0.2, -0.15) is 39.5 Å². The molecule has 3 aromatic heterocycles. The summed E-state index contributed by atoms with van der Waals surface area (Å²) in [6, 6.07) is 59.0. The number of rotatable bonds is 22. The molecule has 0 bridgehead atoms. The first-order chi connectivity index (χ1) is 59.4. The number of alkyl halides is 9. The number of pyridine rings is 3. The van der Waals surface area contributed by atoms with Crippen LogP contribution in [0.15, 0.2) is 182 Å². The lowest BCUT2D eigenvalue weighted by atomic mass is 9.94. The van der Waals surface area contributed by atoms with Gasteiger partial charge < -0.3 is 64.9 Å². The molecule has 0 fully saturated rings. The van der Waals surface area contributed by atoms with Gasteiger partial charge in [0, 0.05) is 82.2 Å². The Labute approximate surface area is 713 Å². The zero-order valence-electron chi connectivity index (χ0n) is 68.6. The molecule has 658 valence electrons. The first kappa shape index (κ1) is 92.9. The van der Waals surface area contributed by atoms with Gasteiger partial charge in [-0.05, 0) is 186 Å². The van der Waals surface area contributed by atoms with E-state index in [1.165, 1.54) is 58.3 Å². The summed E-state index contributed by atoms with van der Waals surface area (Å²) in [6.07, 6.45) is -6.15. The van der Waals surface area contributed by atoms with Crippen LogP contribution in [-0.2, 0) is 116 Å². The zero-order valence-corrected chi connectivity index (χ0v) is 69.5. The van der Waals surface area contributed by atoms with Gasteiger partial charge in [-0.1, -0.05) is 127 Å². The molecule has 32 heteroatoms. The van der Waals surface area contributed by atoms with Crippen molar-refractivity contribution in [3.05, 3.63) is 249 Å². The molecule has 3 atom stereocenters. The van der Waals surface area contributed by atoms with Crippen molar-refractivity contribution in [2.45, 2.75) is 134 Å². The lowest BCUT2D eigenvalue weighted by Crippen LogP contribution is -2.41. The third-order valence-corrected chi connectivity index (χ3v) is 23.8. The van der Waals surface area contributed by atoms with E-state index in [1.54, 1.807) is 42.5 Å². The highest BCUT2D eigenvalue weighted by molar-refractivity contribution is 7.79. The second-order valence-electron chi connectivity index (χ2n) is 30.6. The molecule has 0 radical (unpaired) electrons. The molecular weight excluding hydrogens is 1640 g/mol. The standard InChI is InChI=1S/C25H28F3N3O4.C24H26F3N3O4.C18H15P.C15H16F3NO4.C10H14N2O/c1-34-22(32)13-18-11-17-5-7-21(12-19(17)14-31(24(18)33)15-25(26,27)28)35-10-8-20-6-4-16-3-2-9-29-23(16)30-20;25-24(26,27)14-30-13-18-11-20(6-4-16(18)10-17(23(30)33)12-21(31)32)34-9-7-19-5-3-15-2-1-8-28-22(15)29-19;1-4-10-16(11-5-1)19(17-12-6-2-7-13-17)18-14-8-3-9-15-18;1-23-13(21)6-10-4-9-2-3-12(20)5-11(9)7-19(14(10)22)8-15(16,17)18;13-7-5-9-4-3-8-2-1-6-11-10(8)12-9/h4-7,12,18H,2-3,8-11,13-15H2,1H3,(H,29,30);3-6,11,17H,1-2,7-10,12-14H2,(H,28,29)(H,31,32);1-15H;2-3,5,10,20H,4,6-8H2,1H3;3-4,13H,1-2,5-7H2,(H,11,12)/t18-;17-;;10-;/m00.0./s1. The number of phenols is 1. The van der Waals surface area contributed by atoms with Crippen molar-refractivity contribution in [3.63, 3.8) is 0 Å². The number of carboxylic acids is 1. The van der Waals surface area contributed by atoms with Gasteiger partial charge in [0.25, 0.3) is 0 Å². The van der Waals surface area contributed by atoms with Crippen molar-refractivity contribution >= 4 is 76.9 Å². The third-order valence-electron chi connectivity index (χ3n) is 21.3. The summed E-state index contributed by atoms with van der Waals surface area (Å²) in [4.78, 5) is 88.1. The second-order valence-corrected chi connectivity index (χ2v) is 32.9. The Hall–Kier alpha value is -11.9. The molecule has 3 amide bonds. The normalized spacial score (nSPS) is 16.5. The van der Waals surface area contributed by atoms with Crippen LogP contribution in [0.1, 0.15) is 106 Å². The molecule has 6 aliphatic heterocycles. The molecule has 6 N–H and O–H groups in total. The summed E-state index contributed by atoms with van der Waals surface area (Å²) in [5.41, 5.74) is 9.97. The zero-order chi connectivity index (χ0) is 88.5. The molecule has 124 heavy (non-hydrogen) atoms. The summed E-state index contributed by atoms with van der Waals surface area (Å²) in [6.45, 7) is -1.26. The number of aromatic hydroxyl groups is 1. The number of amides is 3. The highest BCUT2D eigenvalue weighted by Crippen LogP contribution is 2.37. The molecule has 0 saturated carbocycles. The molecule has 22 nitrogen and oxygen atoms in total. The van der Waals surface area contributed by atoms with Crippen LogP contribution in [0.4, 0.5) is 57.0 Å². The highest BCUT2D eigenvalue weighted by Gasteiger charge is 2.42. The Balaban J connectivity index is 0.000000157. The number of aliphatic carboxylic acids is 1. The quantitative estimate of drug-likeness (QED) is 0.0209. The van der Waals surface area contributed by atoms with E-state index in [4.69, 9.17) is 19.7 Å². The molecule has 0 aliphatic carbocycles. The molecule has 9 aromatic rings. The minimum atomic E-state index is -4.58. The summed E-state index contributed by atoms with van der Waals surface area (Å²) >= 11 is 0. The number of carbonyl (C=O) groups is 6. The van der Waals surface area contributed by atoms with Crippen LogP contribution < -0.4 is 41.3 Å². The second kappa shape index (κ2) is 44.0. The molecule has 0 unspecified atom stereocenters. The van der Waals surface area contributed by atoms with E-state index in [-0.39, 0.29) is 64.1 Å². The fraction of sp³-hybridized carbons (Fsp3) is 0.380. The largest absolute Gasteiger partial charge is 0.508 e. The van der Waals surface area contributed by atoms with Gasteiger partial charge in [0.2, 0.25) is 17.7 Å². The Morgan fingerprint density at radius 1 is 0.427 bits per heavy atom. The molecular formula is C92H99F9N9O13P. The van der Waals surface area contributed by atoms with Crippen LogP contribution in [-0.4, -0.2) is 172 Å². The lowest BCUT2D eigenvalue weighted by molar-refractivity contribution is -0.165. The molecule has 6 aromatic carbocycles. The number of carbonyl (C=O) groups excluding carboxylic acids is 5. The maximum absolute atomic E-state index is 13.2. The predicted octanol–water partition coefficient (Wildman–Crippen LogP) is 13.7. The number of aliphatic hydroxyl groups excluding tert-OH is 1. The fourth-order valence-corrected chi connectivity index (χ4v) is 17.7. The first-order valence-corrected chi connectivity index (χ1v) is 42.2. The Morgan fingerprint density at radius 3 is 1.08 bits per heavy atom. The van der Waals surface area contributed by atoms with Gasteiger partial charge in [0.15, 0.2) is 0 Å². The number of hydrogen-bond donors (Lipinski definition) is 6. The Morgan fingerprint density at radius 2 is 0.750 bits per heavy atom. The number of halogens is 9. The monoisotopic (exact) mass is 1740 g/mol. The van der Waals surface area contributed by atoms with Crippen LogP contribution in [0.5, 0.6) is 17.2 Å². The van der Waals surface area contributed by atoms with Gasteiger partial charge in [-0.3, -0.25) is 28.8 Å². The van der Waals surface area contributed by atoms with Crippen LogP contribution in [0.3, 0.4) is 0 Å². The maximum atomic E-state index is 13.2. The molecule has 9 heterocycles. The number of hydrogen-bond acceptors (Lipinski definition) is 18. The van der Waals surface area contributed by atoms with E-state index in [0.29, 0.717) is 87.2 Å². The first-order valence-electron chi connectivity index (χ1n) is 40.9. The van der Waals surface area contributed by atoms with E-state index in [0.717, 1.165) is 98.3 Å². The number of methoxy groups -OCH3 is 2. The van der Waals surface area contributed by atoms with E-state index >= 15 is 0 Å². The number of phenolic OH excluding ortho intramolecular Hbond substituents is 1. The van der Waals surface area contributed by atoms with Crippen LogP contribution in [0.25, 0.3) is 0 Å². The summed E-state index contributed by atoms with van der Waals surface area (Å²) in [7, 11) is 1.90. The van der Waals surface area contributed by atoms with Gasteiger partial charge in [0.1, 0.15) is 54.3 Å². The minimum Gasteiger partial charge on any atom is -0.508 e.